The van der Waals surface area contributed by atoms with Crippen molar-refractivity contribution in [1.29, 1.82) is 0 Å². The van der Waals surface area contributed by atoms with Crippen LogP contribution in [0.5, 0.6) is 11.5 Å². The maximum atomic E-state index is 13.2. The summed E-state index contributed by atoms with van der Waals surface area (Å²) in [4.78, 5) is 31.7. The van der Waals surface area contributed by atoms with Crippen LogP contribution in [0.2, 0.25) is 0 Å². The minimum Gasteiger partial charge on any atom is -0.494 e. The zero-order valence-corrected chi connectivity index (χ0v) is 18.6. The Hall–Kier alpha value is -4.28. The highest BCUT2D eigenvalue weighted by molar-refractivity contribution is 6.25. The molecule has 0 N–H and O–H groups in total. The number of rotatable bonds is 8. The number of anilines is 1. The van der Waals surface area contributed by atoms with Crippen molar-refractivity contribution in [1.82, 2.24) is 15.1 Å². The van der Waals surface area contributed by atoms with E-state index in [1.807, 2.05) is 38.1 Å². The van der Waals surface area contributed by atoms with Gasteiger partial charge >= 0.3 is 0 Å². The number of carbonyl (C=O) groups excluding carboxylic acids is 2. The standard InChI is InChI=1S/C23H22N6O5/c1-3-32-15-11-9-14(10-12-15)29-22(30)19-20(23(29)31)28(27-25-19)13-18-24-21(26-34-18)16-7-5-6-8-17(16)33-4-2/h5-12,19-20H,3-4,13H2,1-2H3/t19-,20-/m0/s1. The van der Waals surface area contributed by atoms with E-state index in [4.69, 9.17) is 14.0 Å². The molecule has 3 aromatic rings. The van der Waals surface area contributed by atoms with Crippen molar-refractivity contribution in [3.05, 3.63) is 54.4 Å². The van der Waals surface area contributed by atoms with Gasteiger partial charge in [-0.1, -0.05) is 22.5 Å². The molecule has 1 fully saturated rings. The van der Waals surface area contributed by atoms with Gasteiger partial charge in [0.1, 0.15) is 18.0 Å². The lowest BCUT2D eigenvalue weighted by Crippen LogP contribution is -2.39. The Morgan fingerprint density at radius 3 is 2.50 bits per heavy atom. The van der Waals surface area contributed by atoms with Crippen molar-refractivity contribution < 1.29 is 23.6 Å². The van der Waals surface area contributed by atoms with E-state index in [0.29, 0.717) is 41.8 Å². The van der Waals surface area contributed by atoms with Crippen LogP contribution in [0, 0.1) is 0 Å². The third kappa shape index (κ3) is 3.74. The second-order valence-electron chi connectivity index (χ2n) is 7.57. The molecule has 34 heavy (non-hydrogen) atoms. The van der Waals surface area contributed by atoms with E-state index in [2.05, 4.69) is 20.5 Å². The zero-order valence-electron chi connectivity index (χ0n) is 18.6. The van der Waals surface area contributed by atoms with Crippen LogP contribution in [0.4, 0.5) is 5.69 Å². The van der Waals surface area contributed by atoms with Gasteiger partial charge in [0.25, 0.3) is 11.8 Å². The molecule has 0 bridgehead atoms. The van der Waals surface area contributed by atoms with Gasteiger partial charge in [-0.2, -0.15) is 10.1 Å². The van der Waals surface area contributed by atoms with Crippen molar-refractivity contribution in [2.24, 2.45) is 10.3 Å². The molecule has 0 aliphatic carbocycles. The summed E-state index contributed by atoms with van der Waals surface area (Å²) in [6, 6.07) is 12.4. The van der Waals surface area contributed by atoms with E-state index in [-0.39, 0.29) is 12.4 Å². The molecule has 174 valence electrons. The summed E-state index contributed by atoms with van der Waals surface area (Å²) in [6.07, 6.45) is 0. The lowest BCUT2D eigenvalue weighted by atomic mass is 10.1. The van der Waals surface area contributed by atoms with Gasteiger partial charge in [0.15, 0.2) is 12.1 Å². The number of amides is 2. The lowest BCUT2D eigenvalue weighted by Gasteiger charge is -2.19. The Kier molecular flexibility index (Phi) is 5.66. The zero-order chi connectivity index (χ0) is 23.7. The second-order valence-corrected chi connectivity index (χ2v) is 7.57. The maximum Gasteiger partial charge on any atom is 0.263 e. The number of ether oxygens (including phenoxy) is 2. The third-order valence-corrected chi connectivity index (χ3v) is 5.46. The van der Waals surface area contributed by atoms with E-state index in [0.717, 1.165) is 4.90 Å². The minimum atomic E-state index is -0.917. The normalized spacial score (nSPS) is 19.1. The second kappa shape index (κ2) is 8.93. The lowest BCUT2D eigenvalue weighted by molar-refractivity contribution is -0.123. The van der Waals surface area contributed by atoms with Crippen LogP contribution in [0.25, 0.3) is 11.4 Å². The maximum absolute atomic E-state index is 13.2. The molecular formula is C23H22N6O5. The van der Waals surface area contributed by atoms with Crippen molar-refractivity contribution in [2.75, 3.05) is 18.1 Å². The van der Waals surface area contributed by atoms with Crippen LogP contribution < -0.4 is 14.4 Å². The van der Waals surface area contributed by atoms with Crippen LogP contribution in [0.3, 0.4) is 0 Å². The first kappa shape index (κ1) is 21.6. The Morgan fingerprint density at radius 1 is 0.971 bits per heavy atom. The first-order valence-corrected chi connectivity index (χ1v) is 10.9. The van der Waals surface area contributed by atoms with Gasteiger partial charge < -0.3 is 14.0 Å². The third-order valence-electron chi connectivity index (χ3n) is 5.46. The molecule has 0 radical (unpaired) electrons. The van der Waals surface area contributed by atoms with Crippen LogP contribution in [0.1, 0.15) is 19.7 Å². The van der Waals surface area contributed by atoms with Crippen molar-refractivity contribution in [3.63, 3.8) is 0 Å². The molecule has 1 saturated heterocycles. The molecule has 11 heteroatoms. The molecular weight excluding hydrogens is 440 g/mol. The van der Waals surface area contributed by atoms with Gasteiger partial charge in [0.05, 0.1) is 24.5 Å². The van der Waals surface area contributed by atoms with E-state index >= 15 is 0 Å². The Labute approximate surface area is 194 Å². The summed E-state index contributed by atoms with van der Waals surface area (Å²) < 4.78 is 16.4. The van der Waals surface area contributed by atoms with Crippen LogP contribution in [-0.4, -0.2) is 52.3 Å². The number of para-hydroxylation sites is 1. The minimum absolute atomic E-state index is 0.0323. The smallest absolute Gasteiger partial charge is 0.263 e. The summed E-state index contributed by atoms with van der Waals surface area (Å²) in [5.41, 5.74) is 1.14. The quantitative estimate of drug-likeness (QED) is 0.468. The number of nitrogens with zero attached hydrogens (tertiary/aromatic N) is 6. The molecule has 2 amide bonds. The van der Waals surface area contributed by atoms with Gasteiger partial charge in [0.2, 0.25) is 11.7 Å². The van der Waals surface area contributed by atoms with E-state index in [1.54, 1.807) is 24.3 Å². The number of hydrogen-bond acceptors (Lipinski definition) is 10. The Bertz CT molecular complexity index is 1240. The molecule has 1 aromatic heterocycles. The van der Waals surface area contributed by atoms with Gasteiger partial charge in [0, 0.05) is 0 Å². The molecule has 0 unspecified atom stereocenters. The van der Waals surface area contributed by atoms with Gasteiger partial charge in [-0.05, 0) is 50.2 Å². The van der Waals surface area contributed by atoms with Crippen molar-refractivity contribution in [3.8, 4) is 22.9 Å². The fraction of sp³-hybridized carbons (Fsp3) is 0.304. The van der Waals surface area contributed by atoms with Crippen LogP contribution >= 0.6 is 0 Å². The average molecular weight is 462 g/mol. The first-order chi connectivity index (χ1) is 16.6. The Morgan fingerprint density at radius 2 is 1.74 bits per heavy atom. The number of fused-ring (bicyclic) bond motifs is 1. The van der Waals surface area contributed by atoms with Crippen molar-refractivity contribution in [2.45, 2.75) is 32.5 Å². The predicted molar refractivity (Wildman–Crippen MR) is 119 cm³/mol. The number of carbonyl (C=O) groups is 2. The molecule has 2 atom stereocenters. The fourth-order valence-electron chi connectivity index (χ4n) is 3.97. The predicted octanol–water partition coefficient (Wildman–Crippen LogP) is 3.03. The van der Waals surface area contributed by atoms with Crippen LogP contribution in [-0.2, 0) is 16.1 Å². The number of imide groups is 1. The molecule has 0 spiro atoms. The molecule has 3 heterocycles. The average Bonchev–Trinajstić information content (AvgIpc) is 3.54. The molecule has 5 rings (SSSR count). The van der Waals surface area contributed by atoms with Gasteiger partial charge in [-0.15, -0.1) is 0 Å². The summed E-state index contributed by atoms with van der Waals surface area (Å²) in [7, 11) is 0. The highest BCUT2D eigenvalue weighted by Gasteiger charge is 2.55. The van der Waals surface area contributed by atoms with Gasteiger partial charge in [-0.25, -0.2) is 4.90 Å². The molecule has 0 saturated carbocycles. The van der Waals surface area contributed by atoms with Gasteiger partial charge in [-0.3, -0.25) is 14.6 Å². The molecule has 2 aromatic carbocycles. The van der Waals surface area contributed by atoms with Crippen LogP contribution in [0.15, 0.2) is 63.4 Å². The summed E-state index contributed by atoms with van der Waals surface area (Å²) in [6.45, 7) is 4.83. The number of hydrogen-bond donors (Lipinski definition) is 0. The largest absolute Gasteiger partial charge is 0.494 e. The highest BCUT2D eigenvalue weighted by Crippen LogP contribution is 2.34. The summed E-state index contributed by atoms with van der Waals surface area (Å²) in [5, 5.41) is 13.5. The monoisotopic (exact) mass is 462 g/mol. The first-order valence-electron chi connectivity index (χ1n) is 10.9. The molecule has 2 aliphatic heterocycles. The molecule has 2 aliphatic rings. The van der Waals surface area contributed by atoms with E-state index in [1.165, 1.54) is 5.01 Å². The number of aromatic nitrogens is 2. The summed E-state index contributed by atoms with van der Waals surface area (Å²) in [5.74, 6) is 1.05. The topological polar surface area (TPSA) is 123 Å². The Balaban J connectivity index is 1.33. The SMILES string of the molecule is CCOc1ccc(N2C(=O)[C@H]3N=NN(Cc4nc(-c5ccccc5OCC)no4)[C@@H]3C2=O)cc1. The fourth-order valence-corrected chi connectivity index (χ4v) is 3.97. The van der Waals surface area contributed by atoms with E-state index in [9.17, 15) is 9.59 Å². The van der Waals surface area contributed by atoms with Crippen molar-refractivity contribution >= 4 is 17.5 Å². The van der Waals surface area contributed by atoms with E-state index < -0.39 is 23.9 Å². The highest BCUT2D eigenvalue weighted by atomic mass is 16.5. The summed E-state index contributed by atoms with van der Waals surface area (Å²) >= 11 is 0. The molecule has 11 nitrogen and oxygen atoms in total. The number of benzene rings is 2.